The third-order valence-electron chi connectivity index (χ3n) is 3.09. The van der Waals surface area contributed by atoms with Crippen LogP contribution in [0.2, 0.25) is 0 Å². The van der Waals surface area contributed by atoms with Crippen molar-refractivity contribution in [2.75, 3.05) is 26.2 Å². The van der Waals surface area contributed by atoms with Crippen LogP contribution >= 0.6 is 0 Å². The summed E-state index contributed by atoms with van der Waals surface area (Å²) in [5.74, 6) is 0.309. The molecule has 0 radical (unpaired) electrons. The Bertz CT molecular complexity index is 249. The van der Waals surface area contributed by atoms with Gasteiger partial charge in [0, 0.05) is 6.92 Å². The summed E-state index contributed by atoms with van der Waals surface area (Å²) >= 11 is 0. The Kier molecular flexibility index (Phi) is 4.76. The average molecular weight is 208 g/mol. The fraction of sp³-hybridized carbons (Fsp3) is 0.615. The summed E-state index contributed by atoms with van der Waals surface area (Å²) in [6, 6.07) is 0. The molecule has 1 saturated heterocycles. The van der Waals surface area contributed by atoms with E-state index in [1.165, 1.54) is 19.3 Å². The largest absolute Gasteiger partial charge is 0.314 e. The third kappa shape index (κ3) is 4.00. The lowest BCUT2D eigenvalue weighted by Gasteiger charge is -2.40. The number of quaternary nitrogens is 1. The molecule has 0 N–H and O–H groups in total. The van der Waals surface area contributed by atoms with Crippen LogP contribution in [0.5, 0.6) is 0 Å². The maximum absolute atomic E-state index is 11.3. The molecule has 0 aromatic rings. The lowest BCUT2D eigenvalue weighted by Crippen LogP contribution is -2.53. The number of hydrogen-bond acceptors (Lipinski definition) is 1. The molecule has 0 aromatic heterocycles. The van der Waals surface area contributed by atoms with Gasteiger partial charge >= 0.3 is 0 Å². The predicted molar refractivity (Wildman–Crippen MR) is 63.6 cm³/mol. The number of carbonyl (C=O) groups excluding carboxylic acids is 1. The van der Waals surface area contributed by atoms with Crippen molar-refractivity contribution in [3.63, 3.8) is 0 Å². The minimum Gasteiger partial charge on any atom is -0.314 e. The molecule has 2 nitrogen and oxygen atoms in total. The van der Waals surface area contributed by atoms with Crippen molar-refractivity contribution in [2.45, 2.75) is 26.2 Å². The van der Waals surface area contributed by atoms with E-state index in [1.807, 2.05) is 6.08 Å². The van der Waals surface area contributed by atoms with Crippen LogP contribution < -0.4 is 0 Å². The second-order valence-corrected chi connectivity index (χ2v) is 4.56. The van der Waals surface area contributed by atoms with Crippen LogP contribution in [-0.2, 0) is 4.79 Å². The molecule has 0 aliphatic carbocycles. The van der Waals surface area contributed by atoms with Crippen molar-refractivity contribution in [1.82, 2.24) is 0 Å². The fourth-order valence-corrected chi connectivity index (χ4v) is 2.44. The molecule has 0 unspecified atom stereocenters. The number of nitrogens with zero attached hydrogens (tertiary/aromatic N) is 1. The average Bonchev–Trinajstić information content (AvgIpc) is 2.18. The maximum atomic E-state index is 11.3. The van der Waals surface area contributed by atoms with Gasteiger partial charge in [-0.15, -0.1) is 0 Å². The highest BCUT2D eigenvalue weighted by Crippen LogP contribution is 2.18. The molecule has 1 rings (SSSR count). The summed E-state index contributed by atoms with van der Waals surface area (Å²) in [4.78, 5) is 11.3. The van der Waals surface area contributed by atoms with E-state index in [-0.39, 0.29) is 0 Å². The van der Waals surface area contributed by atoms with Gasteiger partial charge < -0.3 is 4.48 Å². The molecule has 0 atom stereocenters. The van der Waals surface area contributed by atoms with Gasteiger partial charge in [0.15, 0.2) is 5.78 Å². The first-order valence-electron chi connectivity index (χ1n) is 5.81. The number of Topliss-reactive ketones (excluding diaryl/α,β-unsaturated/α-hetero) is 1. The normalized spacial score (nSPS) is 20.3. The maximum Gasteiger partial charge on any atom is 0.183 e. The molecule has 1 aliphatic heterocycles. The van der Waals surface area contributed by atoms with Crippen LogP contribution in [0.4, 0.5) is 0 Å². The first-order chi connectivity index (χ1) is 7.18. The first kappa shape index (κ1) is 12.2. The molecule has 1 aliphatic rings. The van der Waals surface area contributed by atoms with E-state index in [9.17, 15) is 4.79 Å². The second kappa shape index (κ2) is 5.86. The molecule has 0 saturated carbocycles. The second-order valence-electron chi connectivity index (χ2n) is 4.56. The lowest BCUT2D eigenvalue weighted by molar-refractivity contribution is -0.919. The van der Waals surface area contributed by atoms with E-state index >= 15 is 0 Å². The van der Waals surface area contributed by atoms with Crippen molar-refractivity contribution < 1.29 is 9.28 Å². The lowest BCUT2D eigenvalue weighted by atomic mass is 10.1. The SMILES string of the molecule is C=CC=CC[N+]1(CC(C)=O)CCCCC1. The number of carbonyl (C=O) groups is 1. The topological polar surface area (TPSA) is 17.1 Å². The molecule has 0 bridgehead atoms. The van der Waals surface area contributed by atoms with Crippen LogP contribution in [0.1, 0.15) is 26.2 Å². The molecular formula is C13H22NO+. The smallest absolute Gasteiger partial charge is 0.183 e. The highest BCUT2D eigenvalue weighted by molar-refractivity contribution is 5.76. The summed E-state index contributed by atoms with van der Waals surface area (Å²) in [7, 11) is 0. The quantitative estimate of drug-likeness (QED) is 0.500. The summed E-state index contributed by atoms with van der Waals surface area (Å²) in [5, 5.41) is 0. The van der Waals surface area contributed by atoms with Gasteiger partial charge in [-0.3, -0.25) is 4.79 Å². The van der Waals surface area contributed by atoms with Gasteiger partial charge in [-0.1, -0.05) is 18.7 Å². The van der Waals surface area contributed by atoms with Crippen molar-refractivity contribution in [3.8, 4) is 0 Å². The van der Waals surface area contributed by atoms with Crippen molar-refractivity contribution in [2.24, 2.45) is 0 Å². The van der Waals surface area contributed by atoms with Crippen LogP contribution in [0.15, 0.2) is 24.8 Å². The summed E-state index contributed by atoms with van der Waals surface area (Å²) in [5.41, 5.74) is 0. The highest BCUT2D eigenvalue weighted by Gasteiger charge is 2.29. The fourth-order valence-electron chi connectivity index (χ4n) is 2.44. The van der Waals surface area contributed by atoms with E-state index in [0.29, 0.717) is 12.3 Å². The van der Waals surface area contributed by atoms with Crippen LogP contribution in [0.25, 0.3) is 0 Å². The summed E-state index contributed by atoms with van der Waals surface area (Å²) < 4.78 is 0.958. The molecule has 0 spiro atoms. The van der Waals surface area contributed by atoms with E-state index < -0.39 is 0 Å². The zero-order chi connectivity index (χ0) is 11.1. The molecule has 2 heteroatoms. The van der Waals surface area contributed by atoms with Gasteiger partial charge in [0.25, 0.3) is 0 Å². The Balaban J connectivity index is 2.61. The minimum absolute atomic E-state index is 0.309. The Labute approximate surface area is 92.9 Å². The van der Waals surface area contributed by atoms with E-state index in [2.05, 4.69) is 12.7 Å². The van der Waals surface area contributed by atoms with Crippen LogP contribution in [0.3, 0.4) is 0 Å². The minimum atomic E-state index is 0.309. The molecule has 0 aromatic carbocycles. The van der Waals surface area contributed by atoms with Crippen molar-refractivity contribution in [3.05, 3.63) is 24.8 Å². The molecule has 15 heavy (non-hydrogen) atoms. The Morgan fingerprint density at radius 2 is 2.00 bits per heavy atom. The number of ketones is 1. The van der Waals surface area contributed by atoms with Crippen molar-refractivity contribution in [1.29, 1.82) is 0 Å². The van der Waals surface area contributed by atoms with Gasteiger partial charge in [-0.25, -0.2) is 0 Å². The molecule has 1 fully saturated rings. The standard InChI is InChI=1S/C13H22NO/c1-3-4-6-9-14(12-13(2)15)10-7-5-8-11-14/h3-4,6H,1,5,7-12H2,2H3/q+1. The zero-order valence-electron chi connectivity index (χ0n) is 9.74. The summed E-state index contributed by atoms with van der Waals surface area (Å²) in [6.07, 6.45) is 9.76. The monoisotopic (exact) mass is 208 g/mol. The number of allylic oxidation sites excluding steroid dienone is 2. The highest BCUT2D eigenvalue weighted by atomic mass is 16.1. The van der Waals surface area contributed by atoms with Crippen LogP contribution in [0, 0.1) is 0 Å². The van der Waals surface area contributed by atoms with Gasteiger partial charge in [0.2, 0.25) is 0 Å². The summed E-state index contributed by atoms with van der Waals surface area (Å²) in [6.45, 7) is 9.35. The van der Waals surface area contributed by atoms with E-state index in [1.54, 1.807) is 13.0 Å². The van der Waals surface area contributed by atoms with E-state index in [4.69, 9.17) is 0 Å². The molecular weight excluding hydrogens is 186 g/mol. The predicted octanol–water partition coefficient (Wildman–Crippen LogP) is 2.32. The van der Waals surface area contributed by atoms with Gasteiger partial charge in [0.05, 0.1) is 19.6 Å². The zero-order valence-corrected chi connectivity index (χ0v) is 9.74. The van der Waals surface area contributed by atoms with Gasteiger partial charge in [-0.05, 0) is 25.3 Å². The van der Waals surface area contributed by atoms with Crippen LogP contribution in [-0.4, -0.2) is 36.4 Å². The van der Waals surface area contributed by atoms with Crippen molar-refractivity contribution >= 4 is 5.78 Å². The first-order valence-corrected chi connectivity index (χ1v) is 5.81. The molecule has 1 heterocycles. The molecule has 0 amide bonds. The number of hydrogen-bond donors (Lipinski definition) is 0. The Morgan fingerprint density at radius 1 is 1.33 bits per heavy atom. The number of piperidine rings is 1. The number of rotatable bonds is 5. The Hall–Kier alpha value is -0.890. The third-order valence-corrected chi connectivity index (χ3v) is 3.09. The molecule has 84 valence electrons. The number of likely N-dealkylation sites (tertiary alicyclic amines) is 1. The van der Waals surface area contributed by atoms with Gasteiger partial charge in [-0.2, -0.15) is 0 Å². The van der Waals surface area contributed by atoms with E-state index in [0.717, 1.165) is 24.1 Å². The Morgan fingerprint density at radius 3 is 2.53 bits per heavy atom. The van der Waals surface area contributed by atoms with Gasteiger partial charge in [0.1, 0.15) is 6.54 Å².